The van der Waals surface area contributed by atoms with Gasteiger partial charge < -0.3 is 9.84 Å². The molecule has 0 radical (unpaired) electrons. The highest BCUT2D eigenvalue weighted by Crippen LogP contribution is 2.40. The second kappa shape index (κ2) is 12.1. The molecular weight excluding hydrogens is 380 g/mol. The molecule has 0 fully saturated rings. The van der Waals surface area contributed by atoms with Crippen molar-refractivity contribution >= 4 is 0 Å². The molecule has 0 heterocycles. The van der Waals surface area contributed by atoms with Crippen LogP contribution in [0.5, 0.6) is 0 Å². The molecule has 31 heavy (non-hydrogen) atoms. The van der Waals surface area contributed by atoms with Crippen LogP contribution in [0.2, 0.25) is 0 Å². The third-order valence-corrected chi connectivity index (χ3v) is 5.38. The van der Waals surface area contributed by atoms with Crippen LogP contribution >= 0.6 is 0 Å². The third-order valence-electron chi connectivity index (χ3n) is 5.38. The average Bonchev–Trinajstić information content (AvgIpc) is 2.83. The Balaban J connectivity index is 1.81. The van der Waals surface area contributed by atoms with Gasteiger partial charge in [-0.05, 0) is 42.4 Å². The van der Waals surface area contributed by atoms with Crippen molar-refractivity contribution in [1.82, 2.24) is 0 Å². The van der Waals surface area contributed by atoms with Crippen LogP contribution in [0.25, 0.3) is 0 Å². The first kappa shape index (κ1) is 22.8. The van der Waals surface area contributed by atoms with E-state index in [1.165, 1.54) is 0 Å². The lowest BCUT2D eigenvalue weighted by Crippen LogP contribution is -2.33. The van der Waals surface area contributed by atoms with Gasteiger partial charge in [0.05, 0.1) is 0 Å². The number of hydrogen-bond donors (Lipinski definition) is 1. The summed E-state index contributed by atoms with van der Waals surface area (Å²) in [5.41, 5.74) is 2.65. The molecule has 1 N–H and O–H groups in total. The van der Waals surface area contributed by atoms with Crippen LogP contribution < -0.4 is 0 Å². The van der Waals surface area contributed by atoms with Crippen LogP contribution in [-0.2, 0) is 10.3 Å². The third kappa shape index (κ3) is 6.07. The zero-order chi connectivity index (χ0) is 21.8. The van der Waals surface area contributed by atoms with E-state index in [0.29, 0.717) is 13.0 Å². The minimum Gasteiger partial charge on any atom is -0.380 e. The van der Waals surface area contributed by atoms with Crippen molar-refractivity contribution in [3.8, 4) is 11.8 Å². The van der Waals surface area contributed by atoms with Crippen molar-refractivity contribution in [2.45, 2.75) is 50.7 Å². The molecule has 2 nitrogen and oxygen atoms in total. The molecular formula is C29H32O2. The number of unbranched alkanes of at least 4 members (excludes halogenated alkanes) is 2. The van der Waals surface area contributed by atoms with Gasteiger partial charge in [0.15, 0.2) is 0 Å². The first-order chi connectivity index (χ1) is 15.3. The summed E-state index contributed by atoms with van der Waals surface area (Å²) in [6.45, 7) is 2.69. The fourth-order valence-corrected chi connectivity index (χ4v) is 3.82. The van der Waals surface area contributed by atoms with Gasteiger partial charge in [-0.3, -0.25) is 0 Å². The lowest BCUT2D eigenvalue weighted by molar-refractivity contribution is 0.00995. The van der Waals surface area contributed by atoms with Crippen LogP contribution in [-0.4, -0.2) is 17.8 Å². The van der Waals surface area contributed by atoms with E-state index in [2.05, 4.69) is 91.6 Å². The minimum absolute atomic E-state index is 0.548. The van der Waals surface area contributed by atoms with Gasteiger partial charge >= 0.3 is 0 Å². The van der Waals surface area contributed by atoms with Gasteiger partial charge in [0.2, 0.25) is 0 Å². The van der Waals surface area contributed by atoms with Gasteiger partial charge in [-0.1, -0.05) is 104 Å². The van der Waals surface area contributed by atoms with Crippen molar-refractivity contribution in [3.05, 3.63) is 108 Å². The molecule has 0 bridgehead atoms. The second-order valence-electron chi connectivity index (χ2n) is 7.71. The minimum atomic E-state index is -0.677. The monoisotopic (exact) mass is 412 g/mol. The molecule has 0 aliphatic heterocycles. The van der Waals surface area contributed by atoms with E-state index in [1.54, 1.807) is 0 Å². The highest BCUT2D eigenvalue weighted by atomic mass is 16.5. The Morgan fingerprint density at radius 2 is 1.26 bits per heavy atom. The molecule has 160 valence electrons. The van der Waals surface area contributed by atoms with E-state index in [-0.39, 0.29) is 0 Å². The molecule has 0 spiro atoms. The van der Waals surface area contributed by atoms with Gasteiger partial charge in [-0.2, -0.15) is 0 Å². The number of rotatable bonds is 10. The summed E-state index contributed by atoms with van der Waals surface area (Å²) in [6.07, 6.45) is 3.72. The normalized spacial score (nSPS) is 12.1. The van der Waals surface area contributed by atoms with Gasteiger partial charge in [-0.15, -0.1) is 5.92 Å². The molecule has 0 saturated heterocycles. The van der Waals surface area contributed by atoms with E-state index in [0.717, 1.165) is 42.4 Å². The van der Waals surface area contributed by atoms with Crippen LogP contribution in [0.3, 0.4) is 0 Å². The maximum Gasteiger partial charge on any atom is 0.143 e. The lowest BCUT2D eigenvalue weighted by Gasteiger charge is -2.36. The summed E-state index contributed by atoms with van der Waals surface area (Å²) in [5.74, 6) is 5.97. The molecule has 1 atom stereocenters. The topological polar surface area (TPSA) is 29.5 Å². The van der Waals surface area contributed by atoms with Gasteiger partial charge in [-0.25, -0.2) is 0 Å². The summed E-state index contributed by atoms with van der Waals surface area (Å²) in [6, 6.07) is 31.3. The van der Waals surface area contributed by atoms with E-state index in [4.69, 9.17) is 4.74 Å². The second-order valence-corrected chi connectivity index (χ2v) is 7.71. The predicted octanol–water partition coefficient (Wildman–Crippen LogP) is 6.33. The number of benzene rings is 3. The molecule has 2 heteroatoms. The largest absolute Gasteiger partial charge is 0.380 e. The highest BCUT2D eigenvalue weighted by molar-refractivity contribution is 5.47. The van der Waals surface area contributed by atoms with Crippen molar-refractivity contribution < 1.29 is 9.84 Å². The fourth-order valence-electron chi connectivity index (χ4n) is 3.82. The van der Waals surface area contributed by atoms with Crippen LogP contribution in [0, 0.1) is 11.8 Å². The van der Waals surface area contributed by atoms with Crippen molar-refractivity contribution in [1.29, 1.82) is 0 Å². The number of hydrogen-bond acceptors (Lipinski definition) is 2. The smallest absolute Gasteiger partial charge is 0.143 e. The summed E-state index contributed by atoms with van der Waals surface area (Å²) < 4.78 is 6.75. The maximum absolute atomic E-state index is 10.1. The summed E-state index contributed by atoms with van der Waals surface area (Å²) in [7, 11) is 0. The average molecular weight is 413 g/mol. The predicted molar refractivity (Wildman–Crippen MR) is 128 cm³/mol. The first-order valence-corrected chi connectivity index (χ1v) is 11.2. The van der Waals surface area contributed by atoms with Gasteiger partial charge in [0, 0.05) is 13.0 Å². The van der Waals surface area contributed by atoms with Gasteiger partial charge in [0.1, 0.15) is 11.7 Å². The van der Waals surface area contributed by atoms with Crippen molar-refractivity contribution in [2.75, 3.05) is 6.61 Å². The molecule has 0 aromatic heterocycles. The Bertz CT molecular complexity index is 843. The lowest BCUT2D eigenvalue weighted by atomic mass is 9.80. The van der Waals surface area contributed by atoms with E-state index >= 15 is 0 Å². The molecule has 0 saturated carbocycles. The Kier molecular flexibility index (Phi) is 8.91. The molecule has 3 rings (SSSR count). The Hall–Kier alpha value is -2.86. The van der Waals surface area contributed by atoms with Crippen molar-refractivity contribution in [2.24, 2.45) is 0 Å². The highest BCUT2D eigenvalue weighted by Gasteiger charge is 2.37. The Morgan fingerprint density at radius 3 is 1.71 bits per heavy atom. The molecule has 0 aliphatic carbocycles. The quantitative estimate of drug-likeness (QED) is 0.239. The molecule has 0 aliphatic rings. The van der Waals surface area contributed by atoms with E-state index in [9.17, 15) is 5.11 Å². The van der Waals surface area contributed by atoms with E-state index < -0.39 is 11.7 Å². The first-order valence-electron chi connectivity index (χ1n) is 11.2. The van der Waals surface area contributed by atoms with Crippen LogP contribution in [0.15, 0.2) is 91.0 Å². The van der Waals surface area contributed by atoms with Gasteiger partial charge in [0.25, 0.3) is 0 Å². The molecule has 3 aromatic carbocycles. The summed E-state index contributed by atoms with van der Waals surface area (Å²) >= 11 is 0. The zero-order valence-electron chi connectivity index (χ0n) is 18.3. The summed E-state index contributed by atoms with van der Waals surface area (Å²) in [4.78, 5) is 0. The Morgan fingerprint density at radius 1 is 0.774 bits per heavy atom. The number of ether oxygens (including phenoxy) is 1. The number of aliphatic hydroxyl groups excluding tert-OH is 1. The number of aliphatic hydroxyl groups is 1. The SMILES string of the molecule is CCCC#C[C@H](O)CCCCOC(c1ccccc1)(c1ccccc1)c1ccccc1. The molecule has 0 unspecified atom stereocenters. The molecule has 0 amide bonds. The molecule has 3 aromatic rings. The summed E-state index contributed by atoms with van der Waals surface area (Å²) in [5, 5.41) is 10.1. The van der Waals surface area contributed by atoms with E-state index in [1.807, 2.05) is 18.2 Å². The maximum atomic E-state index is 10.1. The zero-order valence-corrected chi connectivity index (χ0v) is 18.3. The Labute approximate surface area is 186 Å². The standard InChI is InChI=1S/C29H32O2/c1-2-3-7-22-28(30)23-14-15-24-31-29(25-16-8-4-9-17-25,26-18-10-5-11-19-26)27-20-12-6-13-21-27/h4-6,8-13,16-21,28,30H,2-3,14-15,23-24H2,1H3/t28-/m0/s1. The van der Waals surface area contributed by atoms with Crippen LogP contribution in [0.4, 0.5) is 0 Å². The fraction of sp³-hybridized carbons (Fsp3) is 0.310. The van der Waals surface area contributed by atoms with Crippen molar-refractivity contribution in [3.63, 3.8) is 0 Å². The van der Waals surface area contributed by atoms with Crippen LogP contribution in [0.1, 0.15) is 55.7 Å².